The number of anilines is 1. The maximum absolute atomic E-state index is 11.7. The first kappa shape index (κ1) is 14.9. The van der Waals surface area contributed by atoms with Gasteiger partial charge in [0.05, 0.1) is 5.69 Å². The van der Waals surface area contributed by atoms with Gasteiger partial charge >= 0.3 is 0 Å². The number of nitrogens with one attached hydrogen (secondary N) is 1. The van der Waals surface area contributed by atoms with Gasteiger partial charge in [0.15, 0.2) is 0 Å². The molecule has 2 aromatic rings. The van der Waals surface area contributed by atoms with Gasteiger partial charge in [-0.15, -0.1) is 0 Å². The minimum Gasteiger partial charge on any atom is -0.487 e. The van der Waals surface area contributed by atoms with Gasteiger partial charge in [0.25, 0.3) is 5.91 Å². The Morgan fingerprint density at radius 2 is 1.90 bits per heavy atom. The fraction of sp³-hybridized carbons (Fsp3) is 0.235. The normalized spacial score (nSPS) is 10.2. The fourth-order valence-electron chi connectivity index (χ4n) is 1.93. The molecule has 21 heavy (non-hydrogen) atoms. The number of carbonyl (C=O) groups is 1. The number of carbonyl (C=O) groups excluding carboxylic acids is 1. The van der Waals surface area contributed by atoms with Crippen LogP contribution < -0.4 is 15.8 Å². The summed E-state index contributed by atoms with van der Waals surface area (Å²) in [5, 5.41) is 2.74. The van der Waals surface area contributed by atoms with Gasteiger partial charge in [-0.2, -0.15) is 0 Å². The lowest BCUT2D eigenvalue weighted by molar-refractivity contribution is 0.0956. The van der Waals surface area contributed by atoms with Crippen LogP contribution in [0.25, 0.3) is 0 Å². The van der Waals surface area contributed by atoms with Gasteiger partial charge in [-0.25, -0.2) is 0 Å². The summed E-state index contributed by atoms with van der Waals surface area (Å²) in [5.74, 6) is 0.456. The molecule has 2 aromatic carbocycles. The lowest BCUT2D eigenvalue weighted by Crippen LogP contribution is -2.22. The lowest BCUT2D eigenvalue weighted by Gasteiger charge is -2.10. The molecule has 0 aromatic heterocycles. The van der Waals surface area contributed by atoms with E-state index >= 15 is 0 Å². The number of hydrogen-bond donors (Lipinski definition) is 2. The van der Waals surface area contributed by atoms with Crippen molar-refractivity contribution in [2.75, 3.05) is 12.3 Å². The highest BCUT2D eigenvalue weighted by Crippen LogP contribution is 2.23. The number of benzene rings is 2. The molecule has 0 saturated carbocycles. The second kappa shape index (κ2) is 6.79. The van der Waals surface area contributed by atoms with Gasteiger partial charge in [-0.05, 0) is 37.6 Å². The molecular weight excluding hydrogens is 264 g/mol. The summed E-state index contributed by atoms with van der Waals surface area (Å²) in [5.41, 5.74) is 9.23. The van der Waals surface area contributed by atoms with E-state index in [-0.39, 0.29) is 5.91 Å². The summed E-state index contributed by atoms with van der Waals surface area (Å²) in [6.07, 6.45) is 0. The average Bonchev–Trinajstić information content (AvgIpc) is 2.48. The number of amides is 1. The van der Waals surface area contributed by atoms with E-state index in [0.29, 0.717) is 30.2 Å². The molecule has 4 heteroatoms. The van der Waals surface area contributed by atoms with Crippen LogP contribution in [0.3, 0.4) is 0 Å². The molecule has 0 spiro atoms. The highest BCUT2D eigenvalue weighted by molar-refractivity contribution is 5.95. The third-order valence-electron chi connectivity index (χ3n) is 3.12. The van der Waals surface area contributed by atoms with Crippen LogP contribution in [0.15, 0.2) is 42.5 Å². The van der Waals surface area contributed by atoms with Crippen LogP contribution in [0.4, 0.5) is 5.69 Å². The number of hydrogen-bond acceptors (Lipinski definition) is 3. The van der Waals surface area contributed by atoms with Crippen molar-refractivity contribution in [1.29, 1.82) is 0 Å². The Hall–Kier alpha value is -2.49. The van der Waals surface area contributed by atoms with Crippen molar-refractivity contribution in [3.63, 3.8) is 0 Å². The quantitative estimate of drug-likeness (QED) is 0.830. The van der Waals surface area contributed by atoms with E-state index in [1.54, 1.807) is 18.2 Å². The van der Waals surface area contributed by atoms with Gasteiger partial charge in [0, 0.05) is 12.1 Å². The number of aryl methyl sites for hydroxylation is 1. The summed E-state index contributed by atoms with van der Waals surface area (Å²) in [6, 6.07) is 13.2. The van der Waals surface area contributed by atoms with E-state index in [1.165, 1.54) is 5.56 Å². The summed E-state index contributed by atoms with van der Waals surface area (Å²) >= 11 is 0. The molecule has 110 valence electrons. The van der Waals surface area contributed by atoms with Crippen LogP contribution in [0.1, 0.15) is 28.4 Å². The van der Waals surface area contributed by atoms with Crippen LogP contribution in [-0.4, -0.2) is 12.5 Å². The predicted molar refractivity (Wildman–Crippen MR) is 84.4 cm³/mol. The summed E-state index contributed by atoms with van der Waals surface area (Å²) in [6.45, 7) is 4.96. The molecule has 0 aliphatic carbocycles. The molecule has 0 aliphatic rings. The van der Waals surface area contributed by atoms with Gasteiger partial charge in [-0.3, -0.25) is 4.79 Å². The zero-order valence-electron chi connectivity index (χ0n) is 12.3. The fourth-order valence-corrected chi connectivity index (χ4v) is 1.93. The minimum atomic E-state index is -0.130. The van der Waals surface area contributed by atoms with Crippen molar-refractivity contribution in [1.82, 2.24) is 5.32 Å². The standard InChI is InChI=1S/C17H20N2O2/c1-3-19-17(20)14-8-9-16(15(18)10-14)21-11-13-6-4-12(2)5-7-13/h4-10H,3,11,18H2,1-2H3,(H,19,20). The molecule has 0 saturated heterocycles. The Morgan fingerprint density at radius 3 is 2.52 bits per heavy atom. The van der Waals surface area contributed by atoms with E-state index in [1.807, 2.05) is 38.1 Å². The predicted octanol–water partition coefficient (Wildman–Crippen LogP) is 2.91. The van der Waals surface area contributed by atoms with Crippen molar-refractivity contribution >= 4 is 11.6 Å². The van der Waals surface area contributed by atoms with E-state index < -0.39 is 0 Å². The highest BCUT2D eigenvalue weighted by Gasteiger charge is 2.08. The molecule has 0 bridgehead atoms. The molecule has 0 aliphatic heterocycles. The first-order valence-corrected chi connectivity index (χ1v) is 6.96. The van der Waals surface area contributed by atoms with Crippen molar-refractivity contribution in [2.24, 2.45) is 0 Å². The Kier molecular flexibility index (Phi) is 4.82. The van der Waals surface area contributed by atoms with Gasteiger partial charge in [0.1, 0.15) is 12.4 Å². The van der Waals surface area contributed by atoms with Crippen LogP contribution >= 0.6 is 0 Å². The monoisotopic (exact) mass is 284 g/mol. The second-order valence-corrected chi connectivity index (χ2v) is 4.89. The Labute approximate surface area is 124 Å². The maximum atomic E-state index is 11.7. The molecule has 0 unspecified atom stereocenters. The lowest BCUT2D eigenvalue weighted by atomic mass is 10.1. The topological polar surface area (TPSA) is 64.3 Å². The second-order valence-electron chi connectivity index (χ2n) is 4.89. The van der Waals surface area contributed by atoms with Crippen molar-refractivity contribution < 1.29 is 9.53 Å². The molecule has 3 N–H and O–H groups in total. The maximum Gasteiger partial charge on any atom is 0.251 e. The van der Waals surface area contributed by atoms with E-state index in [2.05, 4.69) is 5.32 Å². The van der Waals surface area contributed by atoms with Crippen molar-refractivity contribution in [3.05, 3.63) is 59.2 Å². The van der Waals surface area contributed by atoms with E-state index in [4.69, 9.17) is 10.5 Å². The average molecular weight is 284 g/mol. The van der Waals surface area contributed by atoms with E-state index in [0.717, 1.165) is 5.56 Å². The van der Waals surface area contributed by atoms with Gasteiger partial charge in [-0.1, -0.05) is 29.8 Å². The van der Waals surface area contributed by atoms with Crippen LogP contribution in [0.2, 0.25) is 0 Å². The highest BCUT2D eigenvalue weighted by atomic mass is 16.5. The van der Waals surface area contributed by atoms with Gasteiger partial charge < -0.3 is 15.8 Å². The minimum absolute atomic E-state index is 0.130. The van der Waals surface area contributed by atoms with Crippen LogP contribution in [-0.2, 0) is 6.61 Å². The zero-order valence-corrected chi connectivity index (χ0v) is 12.3. The molecule has 4 nitrogen and oxygen atoms in total. The summed E-state index contributed by atoms with van der Waals surface area (Å²) in [4.78, 5) is 11.7. The first-order chi connectivity index (χ1) is 10.1. The Balaban J connectivity index is 2.04. The third-order valence-corrected chi connectivity index (χ3v) is 3.12. The van der Waals surface area contributed by atoms with Crippen LogP contribution in [0.5, 0.6) is 5.75 Å². The smallest absolute Gasteiger partial charge is 0.251 e. The first-order valence-electron chi connectivity index (χ1n) is 6.96. The SMILES string of the molecule is CCNC(=O)c1ccc(OCc2ccc(C)cc2)c(N)c1. The number of rotatable bonds is 5. The molecule has 0 atom stereocenters. The summed E-state index contributed by atoms with van der Waals surface area (Å²) < 4.78 is 5.70. The molecule has 0 heterocycles. The third kappa shape index (κ3) is 3.99. The molecule has 0 fully saturated rings. The zero-order chi connectivity index (χ0) is 15.2. The summed E-state index contributed by atoms with van der Waals surface area (Å²) in [7, 11) is 0. The van der Waals surface area contributed by atoms with Crippen molar-refractivity contribution in [3.8, 4) is 5.75 Å². The number of nitrogens with two attached hydrogens (primary N) is 1. The molecule has 1 amide bonds. The molecular formula is C17H20N2O2. The number of nitrogen functional groups attached to an aromatic ring is 1. The largest absolute Gasteiger partial charge is 0.487 e. The van der Waals surface area contributed by atoms with Crippen LogP contribution in [0, 0.1) is 6.92 Å². The Bertz CT molecular complexity index is 621. The Morgan fingerprint density at radius 1 is 1.19 bits per heavy atom. The number of ether oxygens (including phenoxy) is 1. The molecule has 0 radical (unpaired) electrons. The van der Waals surface area contributed by atoms with Crippen molar-refractivity contribution in [2.45, 2.75) is 20.5 Å². The van der Waals surface area contributed by atoms with Gasteiger partial charge in [0.2, 0.25) is 0 Å². The van der Waals surface area contributed by atoms with E-state index in [9.17, 15) is 4.79 Å². The molecule has 2 rings (SSSR count).